The number of nitrogens with zero attached hydrogens (tertiary/aromatic N) is 1. The molecule has 3 rings (SSSR count). The summed E-state index contributed by atoms with van der Waals surface area (Å²) in [5, 5.41) is 6.50. The van der Waals surface area contributed by atoms with Gasteiger partial charge in [0.2, 0.25) is 11.8 Å². The maximum atomic E-state index is 12.4. The summed E-state index contributed by atoms with van der Waals surface area (Å²) in [6.45, 7) is 4.56. The van der Waals surface area contributed by atoms with Crippen LogP contribution in [0.25, 0.3) is 0 Å². The third-order valence-electron chi connectivity index (χ3n) is 5.13. The second-order valence-electron chi connectivity index (χ2n) is 7.10. The molecule has 6 heteroatoms. The van der Waals surface area contributed by atoms with Crippen LogP contribution in [0, 0.1) is 6.92 Å². The van der Waals surface area contributed by atoms with Gasteiger partial charge in [-0.2, -0.15) is 0 Å². The molecule has 0 bridgehead atoms. The Morgan fingerprint density at radius 3 is 2.64 bits per heavy atom. The van der Waals surface area contributed by atoms with E-state index in [-0.39, 0.29) is 18.2 Å². The first-order valence-corrected chi connectivity index (χ1v) is 9.99. The lowest BCUT2D eigenvalue weighted by Crippen LogP contribution is -2.56. The number of hydrogen-bond acceptors (Lipinski definition) is 3. The monoisotopic (exact) mass is 399 g/mol. The zero-order valence-corrected chi connectivity index (χ0v) is 16.8. The van der Waals surface area contributed by atoms with Crippen molar-refractivity contribution < 1.29 is 9.59 Å². The smallest absolute Gasteiger partial charge is 0.237 e. The van der Waals surface area contributed by atoms with Crippen LogP contribution in [0.4, 0.5) is 0 Å². The molecule has 2 amide bonds. The van der Waals surface area contributed by atoms with Crippen LogP contribution in [0.15, 0.2) is 48.5 Å². The van der Waals surface area contributed by atoms with Crippen LogP contribution < -0.4 is 10.6 Å². The molecule has 1 aliphatic heterocycles. The van der Waals surface area contributed by atoms with Gasteiger partial charge in [0.25, 0.3) is 0 Å². The van der Waals surface area contributed by atoms with Gasteiger partial charge in [0.1, 0.15) is 0 Å². The van der Waals surface area contributed by atoms with Crippen molar-refractivity contribution in [3.05, 3.63) is 70.2 Å². The van der Waals surface area contributed by atoms with Crippen molar-refractivity contribution in [2.75, 3.05) is 19.6 Å². The van der Waals surface area contributed by atoms with Gasteiger partial charge in [0.15, 0.2) is 0 Å². The molecule has 0 aromatic heterocycles. The summed E-state index contributed by atoms with van der Waals surface area (Å²) in [4.78, 5) is 26.9. The number of amides is 2. The number of halogens is 1. The summed E-state index contributed by atoms with van der Waals surface area (Å²) in [5.74, 6) is -0.204. The highest BCUT2D eigenvalue weighted by Crippen LogP contribution is 2.17. The molecular weight excluding hydrogens is 374 g/mol. The van der Waals surface area contributed by atoms with E-state index in [1.165, 1.54) is 11.1 Å². The summed E-state index contributed by atoms with van der Waals surface area (Å²) in [5.41, 5.74) is 3.37. The van der Waals surface area contributed by atoms with E-state index >= 15 is 0 Å². The van der Waals surface area contributed by atoms with E-state index in [2.05, 4.69) is 34.6 Å². The summed E-state index contributed by atoms with van der Waals surface area (Å²) < 4.78 is 0. The van der Waals surface area contributed by atoms with E-state index < -0.39 is 6.04 Å². The summed E-state index contributed by atoms with van der Waals surface area (Å²) >= 11 is 6.15. The second kappa shape index (κ2) is 9.71. The van der Waals surface area contributed by atoms with E-state index in [1.807, 2.05) is 36.4 Å². The number of nitrogens with one attached hydrogen (secondary N) is 2. The van der Waals surface area contributed by atoms with E-state index in [0.29, 0.717) is 31.1 Å². The summed E-state index contributed by atoms with van der Waals surface area (Å²) in [7, 11) is 0. The van der Waals surface area contributed by atoms with Crippen molar-refractivity contribution in [1.82, 2.24) is 15.5 Å². The predicted octanol–water partition coefficient (Wildman–Crippen LogP) is 2.70. The minimum Gasteiger partial charge on any atom is -0.356 e. The van der Waals surface area contributed by atoms with Gasteiger partial charge >= 0.3 is 0 Å². The Kier molecular flexibility index (Phi) is 7.06. The van der Waals surface area contributed by atoms with Gasteiger partial charge in [-0.15, -0.1) is 0 Å². The van der Waals surface area contributed by atoms with Crippen LogP contribution >= 0.6 is 11.6 Å². The van der Waals surface area contributed by atoms with Gasteiger partial charge in [-0.25, -0.2) is 0 Å². The first-order chi connectivity index (χ1) is 13.5. The number of hydrogen-bond donors (Lipinski definition) is 2. The first-order valence-electron chi connectivity index (χ1n) is 9.61. The van der Waals surface area contributed by atoms with Crippen LogP contribution in [0.3, 0.4) is 0 Å². The maximum absolute atomic E-state index is 12.4. The van der Waals surface area contributed by atoms with Crippen molar-refractivity contribution in [1.29, 1.82) is 0 Å². The Hall–Kier alpha value is -2.37. The number of piperazine rings is 1. The standard InChI is InChI=1S/C22H26ClN3O2/c1-16-6-2-3-8-18(16)15-26-13-12-25-22(28)20(26)14-21(27)24-11-10-17-7-4-5-9-19(17)23/h2-9,20H,10-15H2,1H3,(H,24,27)(H,25,28). The second-order valence-corrected chi connectivity index (χ2v) is 7.51. The van der Waals surface area contributed by atoms with Gasteiger partial charge in [0, 0.05) is 31.2 Å². The van der Waals surface area contributed by atoms with Crippen LogP contribution in [-0.4, -0.2) is 42.4 Å². The highest BCUT2D eigenvalue weighted by atomic mass is 35.5. The highest BCUT2D eigenvalue weighted by molar-refractivity contribution is 6.31. The minimum atomic E-state index is -0.450. The normalized spacial score (nSPS) is 17.2. The molecule has 1 saturated heterocycles. The predicted molar refractivity (Wildman–Crippen MR) is 111 cm³/mol. The average molecular weight is 400 g/mol. The first kappa shape index (κ1) is 20.4. The molecule has 1 fully saturated rings. The fourth-order valence-corrected chi connectivity index (χ4v) is 3.70. The molecule has 1 aliphatic rings. The molecule has 1 atom stereocenters. The maximum Gasteiger partial charge on any atom is 0.237 e. The van der Waals surface area contributed by atoms with Crippen molar-refractivity contribution in [2.24, 2.45) is 0 Å². The molecule has 5 nitrogen and oxygen atoms in total. The zero-order valence-electron chi connectivity index (χ0n) is 16.1. The van der Waals surface area contributed by atoms with Gasteiger partial charge in [0.05, 0.1) is 12.5 Å². The van der Waals surface area contributed by atoms with Gasteiger partial charge in [-0.05, 0) is 36.1 Å². The molecular formula is C22H26ClN3O2. The van der Waals surface area contributed by atoms with Crippen molar-refractivity contribution >= 4 is 23.4 Å². The van der Waals surface area contributed by atoms with E-state index in [1.54, 1.807) is 0 Å². The summed E-state index contributed by atoms with van der Waals surface area (Å²) in [6, 6.07) is 15.3. The number of benzene rings is 2. The van der Waals surface area contributed by atoms with Crippen LogP contribution in [-0.2, 0) is 22.6 Å². The molecule has 0 aliphatic carbocycles. The van der Waals surface area contributed by atoms with Crippen LogP contribution in [0.1, 0.15) is 23.1 Å². The van der Waals surface area contributed by atoms with E-state index in [0.717, 1.165) is 12.1 Å². The van der Waals surface area contributed by atoms with Gasteiger partial charge < -0.3 is 10.6 Å². The molecule has 2 aromatic carbocycles. The molecule has 2 N–H and O–H groups in total. The van der Waals surface area contributed by atoms with Gasteiger partial charge in [-0.1, -0.05) is 54.1 Å². The summed E-state index contributed by atoms with van der Waals surface area (Å²) in [6.07, 6.45) is 0.815. The lowest BCUT2D eigenvalue weighted by molar-refractivity contribution is -0.134. The molecule has 0 spiro atoms. The third kappa shape index (κ3) is 5.33. The third-order valence-corrected chi connectivity index (χ3v) is 5.50. The molecule has 1 unspecified atom stereocenters. The fourth-order valence-electron chi connectivity index (χ4n) is 3.47. The fraction of sp³-hybridized carbons (Fsp3) is 0.364. The largest absolute Gasteiger partial charge is 0.356 e. The zero-order chi connectivity index (χ0) is 19.9. The molecule has 1 heterocycles. The highest BCUT2D eigenvalue weighted by Gasteiger charge is 2.31. The molecule has 28 heavy (non-hydrogen) atoms. The number of carbonyl (C=O) groups excluding carboxylic acids is 2. The quantitative estimate of drug-likeness (QED) is 0.752. The molecule has 0 saturated carbocycles. The lowest BCUT2D eigenvalue weighted by atomic mass is 10.0. The Morgan fingerprint density at radius 1 is 1.18 bits per heavy atom. The number of carbonyl (C=O) groups is 2. The van der Waals surface area contributed by atoms with E-state index in [9.17, 15) is 9.59 Å². The Balaban J connectivity index is 1.56. The SMILES string of the molecule is Cc1ccccc1CN1CCNC(=O)C1CC(=O)NCCc1ccccc1Cl. The Labute approximate surface area is 171 Å². The van der Waals surface area contributed by atoms with E-state index in [4.69, 9.17) is 11.6 Å². The number of aryl methyl sites for hydroxylation is 1. The van der Waals surface area contributed by atoms with Crippen LogP contribution in [0.5, 0.6) is 0 Å². The average Bonchev–Trinajstić information content (AvgIpc) is 2.68. The Bertz CT molecular complexity index is 840. The molecule has 0 radical (unpaired) electrons. The lowest BCUT2D eigenvalue weighted by Gasteiger charge is -2.35. The molecule has 2 aromatic rings. The van der Waals surface area contributed by atoms with Crippen LogP contribution in [0.2, 0.25) is 5.02 Å². The van der Waals surface area contributed by atoms with Gasteiger partial charge in [-0.3, -0.25) is 14.5 Å². The topological polar surface area (TPSA) is 61.4 Å². The molecule has 148 valence electrons. The van der Waals surface area contributed by atoms with Crippen molar-refractivity contribution in [2.45, 2.75) is 32.4 Å². The minimum absolute atomic E-state index is 0.0823. The Morgan fingerprint density at radius 2 is 1.89 bits per heavy atom. The number of rotatable bonds is 7. The van der Waals surface area contributed by atoms with Crippen molar-refractivity contribution in [3.8, 4) is 0 Å². The van der Waals surface area contributed by atoms with Crippen molar-refractivity contribution in [3.63, 3.8) is 0 Å².